The Labute approximate surface area is 163 Å². The average molecular weight is 376 g/mol. The smallest absolute Gasteiger partial charge is 0.307 e. The van der Waals surface area contributed by atoms with Gasteiger partial charge in [0.1, 0.15) is 5.75 Å². The lowest BCUT2D eigenvalue weighted by Gasteiger charge is -2.33. The van der Waals surface area contributed by atoms with Crippen molar-refractivity contribution in [2.75, 3.05) is 19.8 Å². The van der Waals surface area contributed by atoms with Crippen molar-refractivity contribution in [3.63, 3.8) is 0 Å². The number of carbonyl (C=O) groups excluding carboxylic acids is 2. The number of esters is 1. The van der Waals surface area contributed by atoms with Crippen molar-refractivity contribution in [1.82, 2.24) is 4.90 Å². The number of nitrogens with zero attached hydrogens (tertiary/aromatic N) is 1. The van der Waals surface area contributed by atoms with Crippen LogP contribution in [-0.2, 0) is 14.3 Å². The van der Waals surface area contributed by atoms with E-state index in [2.05, 4.69) is 0 Å². The number of ether oxygens (including phenoxy) is 2. The molecule has 0 aromatic heterocycles. The standard InChI is InChI=1S/C22H33NO4/c1-3-26-22(25)15-16-23(19-9-7-5-4-6-8-10-19)21(24)17-27-20-13-11-18(2)12-14-20/h11-14,19H,3-10,15-17H2,1-2H3. The highest BCUT2D eigenvalue weighted by atomic mass is 16.5. The van der Waals surface area contributed by atoms with Crippen LogP contribution < -0.4 is 4.74 Å². The summed E-state index contributed by atoms with van der Waals surface area (Å²) in [6.07, 6.45) is 8.21. The molecule has 5 nitrogen and oxygen atoms in total. The molecule has 27 heavy (non-hydrogen) atoms. The number of rotatable bonds is 8. The summed E-state index contributed by atoms with van der Waals surface area (Å²) in [5, 5.41) is 0. The van der Waals surface area contributed by atoms with Crippen LogP contribution in [-0.4, -0.2) is 42.6 Å². The largest absolute Gasteiger partial charge is 0.484 e. The maximum Gasteiger partial charge on any atom is 0.307 e. The number of hydrogen-bond donors (Lipinski definition) is 0. The highest BCUT2D eigenvalue weighted by molar-refractivity contribution is 5.79. The van der Waals surface area contributed by atoms with Gasteiger partial charge in [-0.1, -0.05) is 49.8 Å². The van der Waals surface area contributed by atoms with Crippen molar-refractivity contribution in [2.45, 2.75) is 71.3 Å². The molecule has 0 saturated heterocycles. The summed E-state index contributed by atoms with van der Waals surface area (Å²) in [7, 11) is 0. The molecule has 0 aliphatic heterocycles. The van der Waals surface area contributed by atoms with Gasteiger partial charge in [-0.15, -0.1) is 0 Å². The normalized spacial score (nSPS) is 15.5. The fourth-order valence-electron chi connectivity index (χ4n) is 3.56. The van der Waals surface area contributed by atoms with E-state index in [9.17, 15) is 9.59 Å². The van der Waals surface area contributed by atoms with Gasteiger partial charge in [0, 0.05) is 12.6 Å². The van der Waals surface area contributed by atoms with Gasteiger partial charge in [0.2, 0.25) is 0 Å². The highest BCUT2D eigenvalue weighted by Gasteiger charge is 2.25. The highest BCUT2D eigenvalue weighted by Crippen LogP contribution is 2.22. The minimum atomic E-state index is -0.249. The van der Waals surface area contributed by atoms with Crippen molar-refractivity contribution in [3.8, 4) is 5.75 Å². The maximum atomic E-state index is 12.9. The van der Waals surface area contributed by atoms with Crippen molar-refractivity contribution < 1.29 is 19.1 Å². The second-order valence-electron chi connectivity index (χ2n) is 7.24. The second kappa shape index (κ2) is 11.6. The minimum Gasteiger partial charge on any atom is -0.484 e. The van der Waals surface area contributed by atoms with Gasteiger partial charge in [-0.2, -0.15) is 0 Å². The van der Waals surface area contributed by atoms with E-state index in [1.807, 2.05) is 36.1 Å². The molecule has 0 spiro atoms. The van der Waals surface area contributed by atoms with Crippen LogP contribution >= 0.6 is 0 Å². The predicted molar refractivity (Wildman–Crippen MR) is 106 cm³/mol. The summed E-state index contributed by atoms with van der Waals surface area (Å²) in [6.45, 7) is 4.58. The van der Waals surface area contributed by atoms with Crippen LogP contribution in [0.25, 0.3) is 0 Å². The molecule has 1 aliphatic rings. The monoisotopic (exact) mass is 375 g/mol. The molecule has 2 rings (SSSR count). The lowest BCUT2D eigenvalue weighted by molar-refractivity contribution is -0.145. The van der Waals surface area contributed by atoms with E-state index < -0.39 is 0 Å². The Hall–Kier alpha value is -2.04. The fraction of sp³-hybridized carbons (Fsp3) is 0.636. The predicted octanol–water partition coefficient (Wildman–Crippen LogP) is 4.27. The molecule has 0 heterocycles. The number of carbonyl (C=O) groups is 2. The van der Waals surface area contributed by atoms with Crippen LogP contribution in [0.5, 0.6) is 5.75 Å². The molecule has 1 aromatic rings. The van der Waals surface area contributed by atoms with Crippen LogP contribution in [0.4, 0.5) is 0 Å². The van der Waals surface area contributed by atoms with Gasteiger partial charge in [0.25, 0.3) is 5.91 Å². The molecule has 0 bridgehead atoms. The molecule has 1 amide bonds. The first-order valence-corrected chi connectivity index (χ1v) is 10.2. The third kappa shape index (κ3) is 7.61. The molecule has 0 atom stereocenters. The van der Waals surface area contributed by atoms with Gasteiger partial charge >= 0.3 is 5.97 Å². The van der Waals surface area contributed by atoms with E-state index in [0.717, 1.165) is 31.2 Å². The SMILES string of the molecule is CCOC(=O)CCN(C(=O)COc1ccc(C)cc1)C1CCCCCCC1. The molecule has 1 fully saturated rings. The Morgan fingerprint density at radius 1 is 1.04 bits per heavy atom. The molecular formula is C22H33NO4. The van der Waals surface area contributed by atoms with Crippen LogP contribution in [0, 0.1) is 6.92 Å². The van der Waals surface area contributed by atoms with E-state index in [1.54, 1.807) is 6.92 Å². The average Bonchev–Trinajstić information content (AvgIpc) is 2.63. The Bertz CT molecular complexity index is 576. The summed E-state index contributed by atoms with van der Waals surface area (Å²) >= 11 is 0. The third-order valence-corrected chi connectivity index (χ3v) is 5.08. The van der Waals surface area contributed by atoms with Crippen molar-refractivity contribution >= 4 is 11.9 Å². The van der Waals surface area contributed by atoms with E-state index in [4.69, 9.17) is 9.47 Å². The maximum absolute atomic E-state index is 12.9. The quantitative estimate of drug-likeness (QED) is 0.637. The van der Waals surface area contributed by atoms with Crippen molar-refractivity contribution in [1.29, 1.82) is 0 Å². The molecule has 0 unspecified atom stereocenters. The second-order valence-corrected chi connectivity index (χ2v) is 7.24. The number of amides is 1. The zero-order chi connectivity index (χ0) is 19.5. The molecule has 1 saturated carbocycles. The van der Waals surface area contributed by atoms with Crippen LogP contribution in [0.15, 0.2) is 24.3 Å². The molecule has 0 radical (unpaired) electrons. The van der Waals surface area contributed by atoms with Crippen LogP contribution in [0.2, 0.25) is 0 Å². The van der Waals surface area contributed by atoms with E-state index in [1.165, 1.54) is 19.3 Å². The lowest BCUT2D eigenvalue weighted by Crippen LogP contribution is -2.44. The van der Waals surface area contributed by atoms with Gasteiger partial charge in [-0.3, -0.25) is 9.59 Å². The van der Waals surface area contributed by atoms with Crippen LogP contribution in [0.3, 0.4) is 0 Å². The number of benzene rings is 1. The summed E-state index contributed by atoms with van der Waals surface area (Å²) in [5.74, 6) is 0.392. The van der Waals surface area contributed by atoms with Gasteiger partial charge < -0.3 is 14.4 Å². The molecule has 5 heteroatoms. The van der Waals surface area contributed by atoms with E-state index in [-0.39, 0.29) is 30.9 Å². The summed E-state index contributed by atoms with van der Waals surface area (Å²) in [6, 6.07) is 7.87. The first-order valence-electron chi connectivity index (χ1n) is 10.2. The van der Waals surface area contributed by atoms with Crippen molar-refractivity contribution in [2.24, 2.45) is 0 Å². The minimum absolute atomic E-state index is 0.00237. The van der Waals surface area contributed by atoms with Crippen LogP contribution in [0.1, 0.15) is 63.9 Å². The summed E-state index contributed by atoms with van der Waals surface area (Å²) < 4.78 is 10.7. The zero-order valence-electron chi connectivity index (χ0n) is 16.7. The van der Waals surface area contributed by atoms with E-state index in [0.29, 0.717) is 18.9 Å². The van der Waals surface area contributed by atoms with Gasteiger partial charge in [0.15, 0.2) is 6.61 Å². The number of aryl methyl sites for hydroxylation is 1. The zero-order valence-corrected chi connectivity index (χ0v) is 16.7. The van der Waals surface area contributed by atoms with Gasteiger partial charge in [-0.05, 0) is 38.8 Å². The topological polar surface area (TPSA) is 55.8 Å². The van der Waals surface area contributed by atoms with Gasteiger partial charge in [-0.25, -0.2) is 0 Å². The molecule has 1 aliphatic carbocycles. The first-order chi connectivity index (χ1) is 13.1. The fourth-order valence-corrected chi connectivity index (χ4v) is 3.56. The summed E-state index contributed by atoms with van der Waals surface area (Å²) in [5.41, 5.74) is 1.15. The molecule has 1 aromatic carbocycles. The first kappa shape index (κ1) is 21.3. The Morgan fingerprint density at radius 3 is 2.30 bits per heavy atom. The molecular weight excluding hydrogens is 342 g/mol. The Balaban J connectivity index is 1.98. The Kier molecular flexibility index (Phi) is 9.16. The Morgan fingerprint density at radius 2 is 1.67 bits per heavy atom. The third-order valence-electron chi connectivity index (χ3n) is 5.08. The molecule has 150 valence electrons. The van der Waals surface area contributed by atoms with Crippen molar-refractivity contribution in [3.05, 3.63) is 29.8 Å². The van der Waals surface area contributed by atoms with E-state index >= 15 is 0 Å². The number of hydrogen-bond acceptors (Lipinski definition) is 4. The van der Waals surface area contributed by atoms with Gasteiger partial charge in [0.05, 0.1) is 13.0 Å². The lowest BCUT2D eigenvalue weighted by atomic mass is 9.95. The summed E-state index contributed by atoms with van der Waals surface area (Å²) in [4.78, 5) is 26.6. The molecule has 0 N–H and O–H groups in total.